The Morgan fingerprint density at radius 1 is 1.16 bits per heavy atom. The number of hydrogen-bond acceptors (Lipinski definition) is 2. The topological polar surface area (TPSA) is 32.3 Å². The number of rotatable bonds is 1. The molecule has 3 fully saturated rings. The van der Waals surface area contributed by atoms with Crippen LogP contribution in [0.5, 0.6) is 0 Å². The summed E-state index contributed by atoms with van der Waals surface area (Å²) < 4.78 is 0. The summed E-state index contributed by atoms with van der Waals surface area (Å²) >= 11 is 0. The van der Waals surface area contributed by atoms with Gasteiger partial charge in [0.05, 0.1) is 0 Å². The van der Waals surface area contributed by atoms with Gasteiger partial charge in [-0.25, -0.2) is 0 Å². The molecular weight excluding hydrogens is 236 g/mol. The lowest BCUT2D eigenvalue weighted by atomic mass is 9.76. The van der Waals surface area contributed by atoms with E-state index in [1.165, 1.54) is 38.5 Å². The van der Waals surface area contributed by atoms with Crippen molar-refractivity contribution in [2.24, 2.45) is 11.3 Å². The second kappa shape index (κ2) is 5.43. The van der Waals surface area contributed by atoms with Crippen LogP contribution in [0.3, 0.4) is 0 Å². The zero-order valence-corrected chi connectivity index (χ0v) is 12.3. The number of hydrogen-bond donors (Lipinski definition) is 1. The van der Waals surface area contributed by atoms with Crippen LogP contribution >= 0.6 is 0 Å². The van der Waals surface area contributed by atoms with Crippen LogP contribution < -0.4 is 5.32 Å². The van der Waals surface area contributed by atoms with Crippen LogP contribution in [0, 0.1) is 11.3 Å². The summed E-state index contributed by atoms with van der Waals surface area (Å²) in [7, 11) is 0. The van der Waals surface area contributed by atoms with Crippen molar-refractivity contribution in [1.82, 2.24) is 10.2 Å². The first-order chi connectivity index (χ1) is 9.19. The fourth-order valence-corrected chi connectivity index (χ4v) is 4.44. The first-order valence-electron chi connectivity index (χ1n) is 8.21. The number of nitrogens with zero attached hydrogens (tertiary/aromatic N) is 1. The van der Waals surface area contributed by atoms with E-state index >= 15 is 0 Å². The summed E-state index contributed by atoms with van der Waals surface area (Å²) in [6, 6.07) is 0.508. The Balaban J connectivity index is 1.54. The van der Waals surface area contributed by atoms with Gasteiger partial charge in [-0.1, -0.05) is 12.8 Å². The van der Waals surface area contributed by atoms with Gasteiger partial charge in [0.25, 0.3) is 0 Å². The molecule has 2 saturated heterocycles. The average Bonchev–Trinajstić information content (AvgIpc) is 2.87. The number of carbonyl (C=O) groups excluding carboxylic acids is 1. The molecule has 3 heteroatoms. The third kappa shape index (κ3) is 2.81. The molecule has 0 aromatic heterocycles. The van der Waals surface area contributed by atoms with Gasteiger partial charge in [-0.2, -0.15) is 0 Å². The van der Waals surface area contributed by atoms with Crippen molar-refractivity contribution in [2.45, 2.75) is 64.3 Å². The number of piperidine rings is 2. The van der Waals surface area contributed by atoms with E-state index in [0.717, 1.165) is 32.5 Å². The summed E-state index contributed by atoms with van der Waals surface area (Å²) in [5, 5.41) is 3.44. The molecule has 2 atom stereocenters. The highest BCUT2D eigenvalue weighted by atomic mass is 16.2. The van der Waals surface area contributed by atoms with Crippen molar-refractivity contribution < 1.29 is 4.79 Å². The summed E-state index contributed by atoms with van der Waals surface area (Å²) in [6.07, 6.45) is 10.3. The van der Waals surface area contributed by atoms with E-state index < -0.39 is 0 Å². The van der Waals surface area contributed by atoms with Crippen LogP contribution in [-0.4, -0.2) is 36.5 Å². The van der Waals surface area contributed by atoms with Crippen molar-refractivity contribution in [3.63, 3.8) is 0 Å². The molecular formula is C16H28N2O. The van der Waals surface area contributed by atoms with E-state index in [4.69, 9.17) is 0 Å². The number of carbonyl (C=O) groups is 1. The highest BCUT2D eigenvalue weighted by Gasteiger charge is 2.39. The Kier molecular flexibility index (Phi) is 3.84. The summed E-state index contributed by atoms with van der Waals surface area (Å²) in [5.74, 6) is 0.732. The van der Waals surface area contributed by atoms with Gasteiger partial charge in [0.1, 0.15) is 0 Å². The molecule has 0 radical (unpaired) electrons. The molecule has 19 heavy (non-hydrogen) atoms. The van der Waals surface area contributed by atoms with E-state index in [0.29, 0.717) is 17.4 Å². The third-order valence-electron chi connectivity index (χ3n) is 5.77. The number of amides is 1. The van der Waals surface area contributed by atoms with Gasteiger partial charge in [-0.3, -0.25) is 4.79 Å². The largest absolute Gasteiger partial charge is 0.342 e. The van der Waals surface area contributed by atoms with Gasteiger partial charge in [0, 0.05) is 25.0 Å². The minimum absolute atomic E-state index is 0.286. The van der Waals surface area contributed by atoms with Crippen molar-refractivity contribution in [2.75, 3.05) is 19.6 Å². The van der Waals surface area contributed by atoms with Crippen LogP contribution in [-0.2, 0) is 4.79 Å². The fraction of sp³-hybridized carbons (Fsp3) is 0.938. The molecule has 108 valence electrons. The monoisotopic (exact) mass is 264 g/mol. The minimum atomic E-state index is 0.286. The maximum absolute atomic E-state index is 12.6. The molecule has 1 aliphatic carbocycles. The fourth-order valence-electron chi connectivity index (χ4n) is 4.44. The normalized spacial score (nSPS) is 34.7. The van der Waals surface area contributed by atoms with Crippen LogP contribution in [0.15, 0.2) is 0 Å². The van der Waals surface area contributed by atoms with Gasteiger partial charge in [0.15, 0.2) is 0 Å². The predicted octanol–water partition coefficient (Wildman–Crippen LogP) is 2.56. The highest BCUT2D eigenvalue weighted by molar-refractivity contribution is 5.79. The third-order valence-corrected chi connectivity index (χ3v) is 5.77. The molecule has 3 nitrogen and oxygen atoms in total. The average molecular weight is 264 g/mol. The first kappa shape index (κ1) is 13.4. The predicted molar refractivity (Wildman–Crippen MR) is 76.9 cm³/mol. The molecule has 2 unspecified atom stereocenters. The zero-order valence-electron chi connectivity index (χ0n) is 12.3. The van der Waals surface area contributed by atoms with Crippen LogP contribution in [0.4, 0.5) is 0 Å². The Hall–Kier alpha value is -0.570. The Labute approximate surface area is 117 Å². The Morgan fingerprint density at radius 2 is 1.84 bits per heavy atom. The van der Waals surface area contributed by atoms with Gasteiger partial charge >= 0.3 is 0 Å². The summed E-state index contributed by atoms with van der Waals surface area (Å²) in [5.41, 5.74) is 0.623. The zero-order chi connectivity index (χ0) is 13.3. The molecule has 3 aliphatic rings. The SMILES string of the molecule is CC1CC(C(=O)N2CCC3(CCCC3)CC2)CCN1. The molecule has 3 rings (SSSR count). The molecule has 0 aromatic carbocycles. The van der Waals surface area contributed by atoms with Gasteiger partial charge in [0.2, 0.25) is 5.91 Å². The van der Waals surface area contributed by atoms with Crippen LogP contribution in [0.1, 0.15) is 58.3 Å². The quantitative estimate of drug-likeness (QED) is 0.789. The molecule has 0 bridgehead atoms. The van der Waals surface area contributed by atoms with Crippen molar-refractivity contribution in [1.29, 1.82) is 0 Å². The van der Waals surface area contributed by atoms with E-state index in [1.54, 1.807) is 0 Å². The maximum atomic E-state index is 12.6. The Bertz CT molecular complexity index is 326. The number of nitrogens with one attached hydrogen (secondary N) is 1. The van der Waals surface area contributed by atoms with Crippen molar-refractivity contribution in [3.8, 4) is 0 Å². The number of likely N-dealkylation sites (tertiary alicyclic amines) is 1. The van der Waals surface area contributed by atoms with Gasteiger partial charge in [-0.15, -0.1) is 0 Å². The van der Waals surface area contributed by atoms with E-state index in [1.807, 2.05) is 0 Å². The lowest BCUT2D eigenvalue weighted by Crippen LogP contribution is -2.48. The van der Waals surface area contributed by atoms with E-state index in [-0.39, 0.29) is 5.92 Å². The second-order valence-electron chi connectivity index (χ2n) is 7.11. The van der Waals surface area contributed by atoms with Crippen molar-refractivity contribution >= 4 is 5.91 Å². The van der Waals surface area contributed by atoms with Crippen molar-refractivity contribution in [3.05, 3.63) is 0 Å². The lowest BCUT2D eigenvalue weighted by molar-refractivity contribution is -0.139. The van der Waals surface area contributed by atoms with E-state index in [2.05, 4.69) is 17.1 Å². The molecule has 2 heterocycles. The first-order valence-corrected chi connectivity index (χ1v) is 8.21. The summed E-state index contributed by atoms with van der Waals surface area (Å²) in [6.45, 7) is 5.26. The molecule has 1 saturated carbocycles. The second-order valence-corrected chi connectivity index (χ2v) is 7.11. The molecule has 1 spiro atoms. The highest BCUT2D eigenvalue weighted by Crippen LogP contribution is 2.46. The van der Waals surface area contributed by atoms with E-state index in [9.17, 15) is 4.79 Å². The van der Waals surface area contributed by atoms with Gasteiger partial charge < -0.3 is 10.2 Å². The molecule has 2 aliphatic heterocycles. The summed E-state index contributed by atoms with van der Waals surface area (Å²) in [4.78, 5) is 14.8. The minimum Gasteiger partial charge on any atom is -0.342 e. The van der Waals surface area contributed by atoms with Gasteiger partial charge in [-0.05, 0) is 57.4 Å². The molecule has 0 aromatic rings. The maximum Gasteiger partial charge on any atom is 0.225 e. The standard InChI is InChI=1S/C16H28N2O/c1-13-12-14(4-9-17-13)15(19)18-10-7-16(8-11-18)5-2-3-6-16/h13-14,17H,2-12H2,1H3. The lowest BCUT2D eigenvalue weighted by Gasteiger charge is -2.41. The Morgan fingerprint density at radius 3 is 2.47 bits per heavy atom. The van der Waals surface area contributed by atoms with Crippen LogP contribution in [0.2, 0.25) is 0 Å². The van der Waals surface area contributed by atoms with Crippen LogP contribution in [0.25, 0.3) is 0 Å². The molecule has 1 N–H and O–H groups in total. The molecule has 1 amide bonds. The smallest absolute Gasteiger partial charge is 0.225 e.